The molecule has 2 aliphatic rings. The van der Waals surface area contributed by atoms with Crippen LogP contribution in [0.5, 0.6) is 0 Å². The van der Waals surface area contributed by atoms with Crippen LogP contribution in [-0.4, -0.2) is 21.5 Å². The number of para-hydroxylation sites is 2. The van der Waals surface area contributed by atoms with Gasteiger partial charge in [-0.25, -0.2) is 4.98 Å². The average molecular weight is 467 g/mol. The predicted molar refractivity (Wildman–Crippen MR) is 131 cm³/mol. The lowest BCUT2D eigenvalue weighted by Crippen LogP contribution is -3.00. The van der Waals surface area contributed by atoms with Crippen LogP contribution in [-0.2, 0) is 4.79 Å². The minimum atomic E-state index is -0.239. The number of hydrogen-bond donors (Lipinski definition) is 2. The van der Waals surface area contributed by atoms with E-state index in [1.807, 2.05) is 42.5 Å². The van der Waals surface area contributed by atoms with E-state index in [1.165, 1.54) is 38.5 Å². The van der Waals surface area contributed by atoms with Gasteiger partial charge in [-0.2, -0.15) is 0 Å². The van der Waals surface area contributed by atoms with Gasteiger partial charge in [0.15, 0.2) is 0 Å². The minimum Gasteiger partial charge on any atom is -1.00 e. The van der Waals surface area contributed by atoms with Gasteiger partial charge in [0.2, 0.25) is 5.91 Å². The Morgan fingerprint density at radius 1 is 0.939 bits per heavy atom. The molecule has 1 heterocycles. The van der Waals surface area contributed by atoms with Crippen LogP contribution in [0.4, 0.5) is 5.69 Å². The van der Waals surface area contributed by atoms with Gasteiger partial charge in [0.05, 0.1) is 11.0 Å². The quantitative estimate of drug-likeness (QED) is 0.568. The number of carbonyl (C=O) groups excluding carboxylic acids is 1. The summed E-state index contributed by atoms with van der Waals surface area (Å²) >= 11 is 0. The van der Waals surface area contributed by atoms with Crippen LogP contribution >= 0.6 is 0 Å². The van der Waals surface area contributed by atoms with Crippen LogP contribution in [0.2, 0.25) is 0 Å². The molecule has 0 radical (unpaired) electrons. The first-order valence-corrected chi connectivity index (χ1v) is 12.3. The summed E-state index contributed by atoms with van der Waals surface area (Å²) in [6, 6.07) is 16.1. The Morgan fingerprint density at radius 3 is 2.27 bits per heavy atom. The zero-order valence-corrected chi connectivity index (χ0v) is 19.9. The highest BCUT2D eigenvalue weighted by Gasteiger charge is 2.35. The monoisotopic (exact) mass is 466 g/mol. The molecule has 5 nitrogen and oxygen atoms in total. The molecule has 1 atom stereocenters. The highest BCUT2D eigenvalue weighted by Crippen LogP contribution is 2.38. The molecular weight excluding hydrogens is 432 g/mol. The number of imidazole rings is 1. The zero-order chi connectivity index (χ0) is 21.9. The maximum Gasteiger partial charge on any atom is 1.00 e. The third kappa shape index (κ3) is 5.03. The van der Waals surface area contributed by atoms with Crippen LogP contribution in [0.3, 0.4) is 0 Å². The number of anilines is 1. The van der Waals surface area contributed by atoms with Crippen molar-refractivity contribution in [3.63, 3.8) is 0 Å². The molecule has 2 fully saturated rings. The molecule has 3 aromatic rings. The molecule has 0 spiro atoms. The Bertz CT molecular complexity index is 1070. The molecular formula is C27H35ClN4O. The van der Waals surface area contributed by atoms with E-state index in [0.717, 1.165) is 53.8 Å². The van der Waals surface area contributed by atoms with E-state index in [-0.39, 0.29) is 25.8 Å². The molecule has 1 amide bonds. The van der Waals surface area contributed by atoms with Crippen molar-refractivity contribution >= 4 is 22.6 Å². The van der Waals surface area contributed by atoms with Gasteiger partial charge in [0.25, 0.3) is 0 Å². The molecule has 3 N–H and O–H groups in total. The fourth-order valence-corrected chi connectivity index (χ4v) is 5.69. The van der Waals surface area contributed by atoms with Crippen LogP contribution in [0.15, 0.2) is 48.5 Å². The average Bonchev–Trinajstić information content (AvgIpc) is 3.20. The number of rotatable bonds is 5. The number of nitrogen functional groups attached to an aromatic ring is 1. The number of aromatic nitrogens is 2. The van der Waals surface area contributed by atoms with Crippen molar-refractivity contribution in [2.45, 2.75) is 76.3 Å². The summed E-state index contributed by atoms with van der Waals surface area (Å²) in [6.45, 7) is 0. The number of halogens is 1. The van der Waals surface area contributed by atoms with E-state index < -0.39 is 0 Å². The maximum atomic E-state index is 13.9. The lowest BCUT2D eigenvalue weighted by atomic mass is 9.82. The molecule has 1 aromatic heterocycles. The highest BCUT2D eigenvalue weighted by molar-refractivity contribution is 5.87. The minimum absolute atomic E-state index is 0. The van der Waals surface area contributed by atoms with Gasteiger partial charge in [0.1, 0.15) is 11.9 Å². The number of nitrogens with zero attached hydrogens (tertiary/aromatic N) is 2. The number of nitrogens with two attached hydrogens (primary N) is 1. The first-order chi connectivity index (χ1) is 15.7. The van der Waals surface area contributed by atoms with Gasteiger partial charge < -0.3 is 28.0 Å². The molecule has 5 rings (SSSR count). The van der Waals surface area contributed by atoms with Crippen molar-refractivity contribution in [1.29, 1.82) is 0 Å². The van der Waals surface area contributed by atoms with Crippen LogP contribution in [0, 0.1) is 5.92 Å². The van der Waals surface area contributed by atoms with Gasteiger partial charge in [-0.05, 0) is 68.0 Å². The van der Waals surface area contributed by atoms with Gasteiger partial charge in [0, 0.05) is 17.3 Å². The van der Waals surface area contributed by atoms with Gasteiger partial charge in [-0.1, -0.05) is 50.7 Å². The summed E-state index contributed by atoms with van der Waals surface area (Å²) in [7, 11) is 0. The molecule has 2 aliphatic carbocycles. The highest BCUT2D eigenvalue weighted by atomic mass is 35.5. The molecule has 0 saturated heterocycles. The second-order valence-corrected chi connectivity index (χ2v) is 9.60. The summed E-state index contributed by atoms with van der Waals surface area (Å²) < 4.78 is 2.23. The first kappa shape index (κ1) is 23.6. The third-order valence-electron chi connectivity index (χ3n) is 7.36. The van der Waals surface area contributed by atoms with E-state index in [9.17, 15) is 4.79 Å². The Hall–Kier alpha value is -2.53. The Morgan fingerprint density at radius 2 is 1.58 bits per heavy atom. The number of amides is 1. The smallest absolute Gasteiger partial charge is 1.00 e. The molecule has 1 unspecified atom stereocenters. The van der Waals surface area contributed by atoms with E-state index in [2.05, 4.69) is 16.0 Å². The Balaban J connectivity index is 0.00000162. The molecule has 176 valence electrons. The van der Waals surface area contributed by atoms with Crippen molar-refractivity contribution in [2.24, 2.45) is 5.92 Å². The van der Waals surface area contributed by atoms with Crippen molar-refractivity contribution in [3.8, 4) is 11.4 Å². The third-order valence-corrected chi connectivity index (χ3v) is 7.36. The van der Waals surface area contributed by atoms with Gasteiger partial charge >= 0.3 is 1.43 Å². The van der Waals surface area contributed by atoms with E-state index in [4.69, 9.17) is 10.7 Å². The number of carbonyl (C=O) groups is 1. The van der Waals surface area contributed by atoms with E-state index in [1.54, 1.807) is 0 Å². The van der Waals surface area contributed by atoms with Crippen molar-refractivity contribution in [1.82, 2.24) is 14.9 Å². The topological polar surface area (TPSA) is 72.9 Å². The second-order valence-electron chi connectivity index (χ2n) is 9.60. The summed E-state index contributed by atoms with van der Waals surface area (Å²) in [4.78, 5) is 18.9. The van der Waals surface area contributed by atoms with Crippen LogP contribution in [0.25, 0.3) is 22.4 Å². The summed E-state index contributed by atoms with van der Waals surface area (Å²) in [5.74, 6) is 1.36. The number of benzene rings is 2. The van der Waals surface area contributed by atoms with Crippen LogP contribution in [0.1, 0.15) is 71.7 Å². The van der Waals surface area contributed by atoms with Crippen molar-refractivity contribution in [2.75, 3.05) is 5.73 Å². The van der Waals surface area contributed by atoms with E-state index in [0.29, 0.717) is 12.0 Å². The fourth-order valence-electron chi connectivity index (χ4n) is 5.69. The molecule has 6 heteroatoms. The number of fused-ring (bicyclic) bond motifs is 1. The first-order valence-electron chi connectivity index (χ1n) is 12.3. The van der Waals surface area contributed by atoms with Gasteiger partial charge in [-0.15, -0.1) is 0 Å². The fraction of sp³-hybridized carbons (Fsp3) is 0.481. The second kappa shape index (κ2) is 10.6. The summed E-state index contributed by atoms with van der Waals surface area (Å²) in [5, 5.41) is 3.45. The lowest BCUT2D eigenvalue weighted by Gasteiger charge is -2.33. The number of nitrogens with one attached hydrogen (secondary N) is 1. The standard InChI is InChI=1S/C27H34N4O.ClH/c28-21-17-15-20(16-18-21)26-30-23-13-7-8-14-24(23)31(26)25(19-9-3-1-4-10-19)27(32)29-22-11-5-2-6-12-22;/h7-8,13-19,22,25H,1-6,9-12,28H2,(H,29,32);1H. The van der Waals surface area contributed by atoms with Gasteiger partial charge in [-0.3, -0.25) is 4.79 Å². The zero-order valence-electron chi connectivity index (χ0n) is 20.2. The summed E-state index contributed by atoms with van der Waals surface area (Å²) in [6.07, 6.45) is 11.7. The molecule has 0 bridgehead atoms. The lowest BCUT2D eigenvalue weighted by molar-refractivity contribution is -0.127. The van der Waals surface area contributed by atoms with E-state index >= 15 is 0 Å². The maximum absolute atomic E-state index is 13.9. The largest absolute Gasteiger partial charge is 1.00 e. The van der Waals surface area contributed by atoms with Crippen LogP contribution < -0.4 is 23.5 Å². The molecule has 33 heavy (non-hydrogen) atoms. The molecule has 0 aliphatic heterocycles. The SMILES string of the molecule is Nc1ccc(-c2nc3ccccc3n2C(C(=O)NC2CCCCC2)C2CCCCC2)cc1.[Cl-].[H+]. The Kier molecular flexibility index (Phi) is 7.59. The van der Waals surface area contributed by atoms with Crippen molar-refractivity contribution in [3.05, 3.63) is 48.5 Å². The number of hydrogen-bond acceptors (Lipinski definition) is 3. The molecule has 2 aromatic carbocycles. The van der Waals surface area contributed by atoms with Crippen molar-refractivity contribution < 1.29 is 18.6 Å². The summed E-state index contributed by atoms with van der Waals surface area (Å²) in [5.41, 5.74) is 9.66. The Labute approximate surface area is 204 Å². The molecule has 2 saturated carbocycles. The predicted octanol–water partition coefficient (Wildman–Crippen LogP) is 2.97. The normalized spacial score (nSPS) is 18.5.